The SMILES string of the molecule is Cc1cccc(NC(=O)/C(C#N)=C\NCc2ccc(F)cc2)c1. The molecule has 0 saturated heterocycles. The van der Waals surface area contributed by atoms with E-state index in [0.717, 1.165) is 11.1 Å². The van der Waals surface area contributed by atoms with Crippen LogP contribution in [0, 0.1) is 24.1 Å². The third-order valence-electron chi connectivity index (χ3n) is 3.11. The number of nitrogens with zero attached hydrogens (tertiary/aromatic N) is 1. The van der Waals surface area contributed by atoms with Crippen LogP contribution in [0.5, 0.6) is 0 Å². The molecule has 116 valence electrons. The lowest BCUT2D eigenvalue weighted by atomic mass is 10.2. The highest BCUT2D eigenvalue weighted by Crippen LogP contribution is 2.10. The molecule has 0 bridgehead atoms. The zero-order valence-electron chi connectivity index (χ0n) is 12.6. The van der Waals surface area contributed by atoms with Gasteiger partial charge in [0.15, 0.2) is 0 Å². The largest absolute Gasteiger partial charge is 0.386 e. The Bertz CT molecular complexity index is 761. The Balaban J connectivity index is 1.96. The van der Waals surface area contributed by atoms with E-state index in [9.17, 15) is 9.18 Å². The van der Waals surface area contributed by atoms with Gasteiger partial charge in [0, 0.05) is 18.4 Å². The van der Waals surface area contributed by atoms with Gasteiger partial charge in [0.25, 0.3) is 5.91 Å². The number of halogens is 1. The fourth-order valence-corrected chi connectivity index (χ4v) is 1.94. The molecule has 0 aliphatic rings. The van der Waals surface area contributed by atoms with Crippen molar-refractivity contribution in [2.75, 3.05) is 5.32 Å². The maximum Gasteiger partial charge on any atom is 0.267 e. The number of hydrogen-bond acceptors (Lipinski definition) is 3. The number of nitrogens with one attached hydrogen (secondary N) is 2. The van der Waals surface area contributed by atoms with E-state index in [0.29, 0.717) is 12.2 Å². The summed E-state index contributed by atoms with van der Waals surface area (Å²) in [6.07, 6.45) is 1.36. The van der Waals surface area contributed by atoms with Gasteiger partial charge in [-0.1, -0.05) is 24.3 Å². The Morgan fingerprint density at radius 1 is 1.26 bits per heavy atom. The van der Waals surface area contributed by atoms with Crippen molar-refractivity contribution in [2.24, 2.45) is 0 Å². The van der Waals surface area contributed by atoms with E-state index in [2.05, 4.69) is 10.6 Å². The molecule has 0 aromatic heterocycles. The summed E-state index contributed by atoms with van der Waals surface area (Å²) in [5.41, 5.74) is 2.46. The van der Waals surface area contributed by atoms with Crippen LogP contribution in [0.15, 0.2) is 60.3 Å². The smallest absolute Gasteiger partial charge is 0.267 e. The van der Waals surface area contributed by atoms with Gasteiger partial charge in [-0.25, -0.2) is 4.39 Å². The minimum Gasteiger partial charge on any atom is -0.386 e. The first-order valence-corrected chi connectivity index (χ1v) is 7.04. The molecule has 0 atom stereocenters. The number of aryl methyl sites for hydroxylation is 1. The molecule has 2 aromatic rings. The molecular formula is C18H16FN3O. The van der Waals surface area contributed by atoms with Crippen molar-refractivity contribution in [3.05, 3.63) is 77.2 Å². The van der Waals surface area contributed by atoms with E-state index in [1.807, 2.05) is 31.2 Å². The first-order valence-electron chi connectivity index (χ1n) is 7.04. The van der Waals surface area contributed by atoms with Gasteiger partial charge in [-0.15, -0.1) is 0 Å². The summed E-state index contributed by atoms with van der Waals surface area (Å²) in [5.74, 6) is -0.788. The van der Waals surface area contributed by atoms with Gasteiger partial charge in [-0.3, -0.25) is 4.79 Å². The summed E-state index contributed by atoms with van der Waals surface area (Å²) in [6, 6.07) is 15.2. The first kappa shape index (κ1) is 16.2. The number of rotatable bonds is 5. The van der Waals surface area contributed by atoms with Crippen LogP contribution in [-0.4, -0.2) is 5.91 Å². The highest BCUT2D eigenvalue weighted by molar-refractivity contribution is 6.06. The lowest BCUT2D eigenvalue weighted by Gasteiger charge is -2.06. The van der Waals surface area contributed by atoms with E-state index < -0.39 is 5.91 Å². The third-order valence-corrected chi connectivity index (χ3v) is 3.11. The molecule has 0 radical (unpaired) electrons. The van der Waals surface area contributed by atoms with Crippen molar-refractivity contribution in [1.82, 2.24) is 5.32 Å². The topological polar surface area (TPSA) is 64.9 Å². The van der Waals surface area contributed by atoms with Gasteiger partial charge in [-0.2, -0.15) is 5.26 Å². The second-order valence-electron chi connectivity index (χ2n) is 5.00. The summed E-state index contributed by atoms with van der Waals surface area (Å²) < 4.78 is 12.8. The standard InChI is InChI=1S/C18H16FN3O/c1-13-3-2-4-17(9-13)22-18(23)15(10-20)12-21-11-14-5-7-16(19)8-6-14/h2-9,12,21H,11H2,1H3,(H,22,23)/b15-12-. The van der Waals surface area contributed by atoms with E-state index in [4.69, 9.17) is 5.26 Å². The molecule has 2 N–H and O–H groups in total. The van der Waals surface area contributed by atoms with Crippen LogP contribution in [0.3, 0.4) is 0 Å². The van der Waals surface area contributed by atoms with Gasteiger partial charge in [0.05, 0.1) is 0 Å². The number of benzene rings is 2. The zero-order chi connectivity index (χ0) is 16.7. The molecular weight excluding hydrogens is 293 g/mol. The van der Waals surface area contributed by atoms with Crippen molar-refractivity contribution < 1.29 is 9.18 Å². The Morgan fingerprint density at radius 3 is 2.65 bits per heavy atom. The molecule has 0 spiro atoms. The minimum absolute atomic E-state index is 0.0337. The Hall–Kier alpha value is -3.13. The highest BCUT2D eigenvalue weighted by atomic mass is 19.1. The van der Waals surface area contributed by atoms with Crippen molar-refractivity contribution in [1.29, 1.82) is 5.26 Å². The second kappa shape index (κ2) is 7.76. The normalized spacial score (nSPS) is 10.7. The molecule has 0 fully saturated rings. The molecule has 0 unspecified atom stereocenters. The maximum atomic E-state index is 12.8. The number of anilines is 1. The molecule has 2 rings (SSSR count). The van der Waals surface area contributed by atoms with E-state index >= 15 is 0 Å². The molecule has 0 saturated carbocycles. The fourth-order valence-electron chi connectivity index (χ4n) is 1.94. The summed E-state index contributed by atoms with van der Waals surface area (Å²) in [4.78, 5) is 12.1. The van der Waals surface area contributed by atoms with Crippen molar-refractivity contribution in [3.8, 4) is 6.07 Å². The summed E-state index contributed by atoms with van der Waals surface area (Å²) in [5, 5.41) is 14.6. The number of carbonyl (C=O) groups excluding carboxylic acids is 1. The van der Waals surface area contributed by atoms with Gasteiger partial charge in [0.2, 0.25) is 0 Å². The molecule has 4 nitrogen and oxygen atoms in total. The lowest BCUT2D eigenvalue weighted by molar-refractivity contribution is -0.112. The Labute approximate surface area is 134 Å². The quantitative estimate of drug-likeness (QED) is 0.658. The van der Waals surface area contributed by atoms with Gasteiger partial charge >= 0.3 is 0 Å². The zero-order valence-corrected chi connectivity index (χ0v) is 12.6. The van der Waals surface area contributed by atoms with Gasteiger partial charge in [0.1, 0.15) is 17.5 Å². The van der Waals surface area contributed by atoms with Crippen LogP contribution >= 0.6 is 0 Å². The first-order chi connectivity index (χ1) is 11.1. The Morgan fingerprint density at radius 2 is 2.00 bits per heavy atom. The van der Waals surface area contributed by atoms with Crippen molar-refractivity contribution in [3.63, 3.8) is 0 Å². The molecule has 23 heavy (non-hydrogen) atoms. The molecule has 1 amide bonds. The molecule has 0 aliphatic carbocycles. The summed E-state index contributed by atoms with van der Waals surface area (Å²) in [6.45, 7) is 2.31. The average molecular weight is 309 g/mol. The summed E-state index contributed by atoms with van der Waals surface area (Å²) in [7, 11) is 0. The van der Waals surface area contributed by atoms with E-state index in [1.165, 1.54) is 18.3 Å². The average Bonchev–Trinajstić information content (AvgIpc) is 2.53. The fraction of sp³-hybridized carbons (Fsp3) is 0.111. The van der Waals surface area contributed by atoms with Crippen LogP contribution in [0.1, 0.15) is 11.1 Å². The number of nitriles is 1. The molecule has 2 aromatic carbocycles. The number of amides is 1. The monoisotopic (exact) mass is 309 g/mol. The van der Waals surface area contributed by atoms with E-state index in [-0.39, 0.29) is 11.4 Å². The van der Waals surface area contributed by atoms with Crippen LogP contribution in [0.2, 0.25) is 0 Å². The predicted molar refractivity (Wildman–Crippen MR) is 86.7 cm³/mol. The number of carbonyl (C=O) groups is 1. The van der Waals surface area contributed by atoms with Crippen LogP contribution in [0.4, 0.5) is 10.1 Å². The maximum absolute atomic E-state index is 12.8. The number of hydrogen-bond donors (Lipinski definition) is 2. The van der Waals surface area contributed by atoms with Gasteiger partial charge < -0.3 is 10.6 Å². The summed E-state index contributed by atoms with van der Waals surface area (Å²) >= 11 is 0. The van der Waals surface area contributed by atoms with Crippen molar-refractivity contribution in [2.45, 2.75) is 13.5 Å². The van der Waals surface area contributed by atoms with Crippen LogP contribution in [-0.2, 0) is 11.3 Å². The molecule has 0 aliphatic heterocycles. The highest BCUT2D eigenvalue weighted by Gasteiger charge is 2.09. The molecule has 5 heteroatoms. The minimum atomic E-state index is -0.482. The lowest BCUT2D eigenvalue weighted by Crippen LogP contribution is -2.16. The third kappa shape index (κ3) is 4.97. The van der Waals surface area contributed by atoms with E-state index in [1.54, 1.807) is 18.2 Å². The van der Waals surface area contributed by atoms with Crippen molar-refractivity contribution >= 4 is 11.6 Å². The predicted octanol–water partition coefficient (Wildman–Crippen LogP) is 3.27. The molecule has 0 heterocycles. The van der Waals surface area contributed by atoms with Crippen LogP contribution in [0.25, 0.3) is 0 Å². The Kier molecular flexibility index (Phi) is 5.48. The van der Waals surface area contributed by atoms with Gasteiger partial charge in [-0.05, 0) is 42.3 Å². The second-order valence-corrected chi connectivity index (χ2v) is 5.00. The van der Waals surface area contributed by atoms with Crippen LogP contribution < -0.4 is 10.6 Å².